The highest BCUT2D eigenvalue weighted by atomic mass is 35.5. The SMILES string of the molecule is O=C(c1cc(-c2ccco2)n(-c2cccc(Cl)c2)n1)N(CCO)CC(F)(F)F. The second-order valence-electron chi connectivity index (χ2n) is 5.85. The van der Waals surface area contributed by atoms with Gasteiger partial charge in [-0.1, -0.05) is 17.7 Å². The van der Waals surface area contributed by atoms with Crippen molar-refractivity contribution in [1.82, 2.24) is 14.7 Å². The molecule has 0 radical (unpaired) electrons. The Morgan fingerprint density at radius 1 is 1.25 bits per heavy atom. The van der Waals surface area contributed by atoms with Crippen molar-refractivity contribution in [3.05, 3.63) is 59.4 Å². The molecule has 2 heterocycles. The van der Waals surface area contributed by atoms with Crippen molar-refractivity contribution in [1.29, 1.82) is 0 Å². The second kappa shape index (κ2) is 8.07. The monoisotopic (exact) mass is 413 g/mol. The van der Waals surface area contributed by atoms with E-state index in [0.717, 1.165) is 0 Å². The van der Waals surface area contributed by atoms with Crippen molar-refractivity contribution in [3.63, 3.8) is 0 Å². The van der Waals surface area contributed by atoms with Gasteiger partial charge in [0.1, 0.15) is 12.2 Å². The Morgan fingerprint density at radius 2 is 2.04 bits per heavy atom. The molecule has 0 fully saturated rings. The van der Waals surface area contributed by atoms with E-state index in [0.29, 0.717) is 27.1 Å². The fourth-order valence-corrected chi connectivity index (χ4v) is 2.83. The zero-order valence-corrected chi connectivity index (χ0v) is 15.1. The van der Waals surface area contributed by atoms with Crippen LogP contribution in [0.1, 0.15) is 10.5 Å². The fourth-order valence-electron chi connectivity index (χ4n) is 2.64. The average molecular weight is 414 g/mol. The summed E-state index contributed by atoms with van der Waals surface area (Å²) in [6, 6.07) is 11.2. The van der Waals surface area contributed by atoms with Gasteiger partial charge in [0.15, 0.2) is 11.5 Å². The van der Waals surface area contributed by atoms with Crippen molar-refractivity contribution < 1.29 is 27.5 Å². The number of amides is 1. The number of furan rings is 1. The van der Waals surface area contributed by atoms with E-state index in [4.69, 9.17) is 21.1 Å². The zero-order chi connectivity index (χ0) is 20.3. The first-order valence-corrected chi connectivity index (χ1v) is 8.53. The summed E-state index contributed by atoms with van der Waals surface area (Å²) in [6.45, 7) is -2.58. The molecule has 1 aromatic carbocycles. The molecule has 1 N–H and O–H groups in total. The highest BCUT2D eigenvalue weighted by molar-refractivity contribution is 6.30. The fraction of sp³-hybridized carbons (Fsp3) is 0.222. The molecule has 0 aliphatic heterocycles. The number of aliphatic hydroxyl groups excluding tert-OH is 1. The van der Waals surface area contributed by atoms with Crippen LogP contribution in [-0.2, 0) is 0 Å². The molecule has 0 unspecified atom stereocenters. The van der Waals surface area contributed by atoms with Crippen LogP contribution < -0.4 is 0 Å². The Kier molecular flexibility index (Phi) is 5.76. The van der Waals surface area contributed by atoms with Gasteiger partial charge in [0.05, 0.1) is 18.6 Å². The highest BCUT2D eigenvalue weighted by Gasteiger charge is 2.34. The molecule has 0 atom stereocenters. The molecule has 0 aliphatic rings. The maximum Gasteiger partial charge on any atom is 0.406 e. The van der Waals surface area contributed by atoms with Crippen LogP contribution in [-0.4, -0.2) is 51.6 Å². The molecule has 3 aromatic rings. The summed E-state index contributed by atoms with van der Waals surface area (Å²) in [5.74, 6) is -0.587. The predicted molar refractivity (Wildman–Crippen MR) is 95.3 cm³/mol. The normalized spacial score (nSPS) is 11.6. The number of alkyl halides is 3. The molecule has 3 rings (SSSR count). The summed E-state index contributed by atoms with van der Waals surface area (Å²) in [5, 5.41) is 13.6. The van der Waals surface area contributed by atoms with Gasteiger partial charge < -0.3 is 14.4 Å². The number of rotatable bonds is 6. The van der Waals surface area contributed by atoms with Crippen LogP contribution in [0.4, 0.5) is 13.2 Å². The van der Waals surface area contributed by atoms with Crippen LogP contribution in [0.3, 0.4) is 0 Å². The molecule has 0 spiro atoms. The number of carbonyl (C=O) groups excluding carboxylic acids is 1. The minimum atomic E-state index is -4.61. The minimum absolute atomic E-state index is 0.218. The number of nitrogens with zero attached hydrogens (tertiary/aromatic N) is 3. The maximum absolute atomic E-state index is 12.8. The van der Waals surface area contributed by atoms with E-state index in [9.17, 15) is 18.0 Å². The summed E-state index contributed by atoms with van der Waals surface area (Å²) >= 11 is 6.01. The Morgan fingerprint density at radius 3 is 2.64 bits per heavy atom. The lowest BCUT2D eigenvalue weighted by molar-refractivity contribution is -0.141. The molecule has 2 aromatic heterocycles. The van der Waals surface area contributed by atoms with E-state index in [1.165, 1.54) is 17.0 Å². The Bertz CT molecular complexity index is 955. The number of halogens is 4. The van der Waals surface area contributed by atoms with Crippen molar-refractivity contribution in [2.75, 3.05) is 19.7 Å². The third-order valence-electron chi connectivity index (χ3n) is 3.78. The van der Waals surface area contributed by atoms with Crippen molar-refractivity contribution >= 4 is 17.5 Å². The molecular formula is C18H15ClF3N3O3. The molecule has 28 heavy (non-hydrogen) atoms. The lowest BCUT2D eigenvalue weighted by Gasteiger charge is -2.22. The number of aliphatic hydroxyl groups is 1. The first-order valence-electron chi connectivity index (χ1n) is 8.15. The van der Waals surface area contributed by atoms with Crippen LogP contribution in [0, 0.1) is 0 Å². The number of aromatic nitrogens is 2. The smallest absolute Gasteiger partial charge is 0.406 e. The van der Waals surface area contributed by atoms with Gasteiger partial charge in [-0.05, 0) is 30.3 Å². The molecule has 6 nitrogen and oxygen atoms in total. The molecule has 0 aliphatic carbocycles. The quantitative estimate of drug-likeness (QED) is 0.667. The van der Waals surface area contributed by atoms with E-state index in [-0.39, 0.29) is 5.69 Å². The van der Waals surface area contributed by atoms with E-state index < -0.39 is 31.8 Å². The molecule has 0 saturated heterocycles. The van der Waals surface area contributed by atoms with Gasteiger partial charge in [0, 0.05) is 17.6 Å². The molecule has 1 amide bonds. The van der Waals surface area contributed by atoms with Crippen molar-refractivity contribution in [3.8, 4) is 17.1 Å². The first-order chi connectivity index (χ1) is 13.3. The van der Waals surface area contributed by atoms with Gasteiger partial charge in [-0.3, -0.25) is 4.79 Å². The summed E-state index contributed by atoms with van der Waals surface area (Å²) in [7, 11) is 0. The maximum atomic E-state index is 12.8. The molecule has 10 heteroatoms. The molecule has 0 saturated carbocycles. The zero-order valence-electron chi connectivity index (χ0n) is 14.4. The summed E-state index contributed by atoms with van der Waals surface area (Å²) < 4.78 is 45.1. The minimum Gasteiger partial charge on any atom is -0.463 e. The molecule has 148 valence electrons. The lowest BCUT2D eigenvalue weighted by atomic mass is 10.2. The van der Waals surface area contributed by atoms with Crippen LogP contribution in [0.15, 0.2) is 53.1 Å². The van der Waals surface area contributed by atoms with E-state index in [1.54, 1.807) is 36.4 Å². The number of benzene rings is 1. The number of carbonyl (C=O) groups is 1. The second-order valence-corrected chi connectivity index (χ2v) is 6.29. The van der Waals surface area contributed by atoms with Crippen molar-refractivity contribution in [2.45, 2.75) is 6.18 Å². The van der Waals surface area contributed by atoms with Gasteiger partial charge >= 0.3 is 6.18 Å². The van der Waals surface area contributed by atoms with E-state index in [1.807, 2.05) is 0 Å². The average Bonchev–Trinajstić information content (AvgIpc) is 3.29. The standard InChI is InChI=1S/C18H15ClF3N3O3/c19-12-3-1-4-13(9-12)25-15(16-5-2-8-28-16)10-14(23-25)17(27)24(6-7-26)11-18(20,21)22/h1-5,8-10,26H,6-7,11H2. The van der Waals surface area contributed by atoms with Gasteiger partial charge in [0.2, 0.25) is 0 Å². The third-order valence-corrected chi connectivity index (χ3v) is 4.02. The number of hydrogen-bond acceptors (Lipinski definition) is 4. The largest absolute Gasteiger partial charge is 0.463 e. The Balaban J connectivity index is 2.04. The van der Waals surface area contributed by atoms with Gasteiger partial charge in [-0.2, -0.15) is 18.3 Å². The van der Waals surface area contributed by atoms with Crippen LogP contribution in [0.5, 0.6) is 0 Å². The number of hydrogen-bond donors (Lipinski definition) is 1. The molecule has 0 bridgehead atoms. The predicted octanol–water partition coefficient (Wildman–Crippen LogP) is 3.78. The van der Waals surface area contributed by atoms with Gasteiger partial charge in [-0.15, -0.1) is 0 Å². The Hall–Kier alpha value is -2.78. The van der Waals surface area contributed by atoms with E-state index in [2.05, 4.69) is 5.10 Å². The molecular weight excluding hydrogens is 399 g/mol. The van der Waals surface area contributed by atoms with Gasteiger partial charge in [0.25, 0.3) is 5.91 Å². The van der Waals surface area contributed by atoms with Crippen LogP contribution in [0.2, 0.25) is 5.02 Å². The van der Waals surface area contributed by atoms with E-state index >= 15 is 0 Å². The Labute approximate surface area is 162 Å². The topological polar surface area (TPSA) is 71.5 Å². The highest BCUT2D eigenvalue weighted by Crippen LogP contribution is 2.27. The summed E-state index contributed by atoms with van der Waals surface area (Å²) in [4.78, 5) is 13.1. The first kappa shape index (κ1) is 20.0. The van der Waals surface area contributed by atoms with Crippen molar-refractivity contribution in [2.24, 2.45) is 0 Å². The summed E-state index contributed by atoms with van der Waals surface area (Å²) in [5.41, 5.74) is 0.651. The third kappa shape index (κ3) is 4.55. The van der Waals surface area contributed by atoms with Crippen LogP contribution >= 0.6 is 11.6 Å². The van der Waals surface area contributed by atoms with Gasteiger partial charge in [-0.25, -0.2) is 4.68 Å². The van der Waals surface area contributed by atoms with Crippen LogP contribution in [0.25, 0.3) is 17.1 Å². The lowest BCUT2D eigenvalue weighted by Crippen LogP contribution is -2.40. The summed E-state index contributed by atoms with van der Waals surface area (Å²) in [6.07, 6.45) is -3.18.